The maximum atomic E-state index is 12.1. The minimum absolute atomic E-state index is 0.127. The van der Waals surface area contributed by atoms with Gasteiger partial charge in [0.15, 0.2) is 0 Å². The first-order valence-electron chi connectivity index (χ1n) is 7.33. The van der Waals surface area contributed by atoms with Gasteiger partial charge in [-0.25, -0.2) is 0 Å². The number of unbranched alkanes of at least 4 members (excludes halogenated alkanes) is 2. The molecule has 2 aromatic carbocycles. The molecular weight excluding hydrogens is 248 g/mol. The minimum Gasteiger partial charge on any atom is -0.469 e. The van der Waals surface area contributed by atoms with Gasteiger partial charge >= 0.3 is 5.97 Å². The molecule has 0 aromatic heterocycles. The number of methoxy groups -OCH3 is 1. The molecule has 0 bridgehead atoms. The van der Waals surface area contributed by atoms with E-state index in [1.165, 1.54) is 12.5 Å². The van der Waals surface area contributed by atoms with Gasteiger partial charge in [0.25, 0.3) is 0 Å². The van der Waals surface area contributed by atoms with Gasteiger partial charge in [-0.2, -0.15) is 0 Å². The number of rotatable bonds is 6. The van der Waals surface area contributed by atoms with Gasteiger partial charge in [-0.1, -0.05) is 68.7 Å². The minimum atomic E-state index is -0.155. The van der Waals surface area contributed by atoms with Crippen molar-refractivity contribution in [3.05, 3.63) is 48.0 Å². The molecule has 2 nitrogen and oxygen atoms in total. The van der Waals surface area contributed by atoms with Crippen LogP contribution in [0.2, 0.25) is 0 Å². The van der Waals surface area contributed by atoms with Crippen molar-refractivity contribution >= 4 is 16.7 Å². The highest BCUT2D eigenvalue weighted by Gasteiger charge is 2.22. The van der Waals surface area contributed by atoms with E-state index < -0.39 is 0 Å². The maximum Gasteiger partial charge on any atom is 0.313 e. The second-order valence-electron chi connectivity index (χ2n) is 5.14. The van der Waals surface area contributed by atoms with Crippen molar-refractivity contribution in [2.75, 3.05) is 7.11 Å². The van der Waals surface area contributed by atoms with Gasteiger partial charge < -0.3 is 4.74 Å². The first-order valence-corrected chi connectivity index (χ1v) is 7.33. The molecule has 0 amide bonds. The van der Waals surface area contributed by atoms with Crippen molar-refractivity contribution in [3.8, 4) is 0 Å². The lowest BCUT2D eigenvalue weighted by Crippen LogP contribution is -2.14. The van der Waals surface area contributed by atoms with Gasteiger partial charge in [0, 0.05) is 0 Å². The Morgan fingerprint density at radius 1 is 1.10 bits per heavy atom. The number of esters is 1. The van der Waals surface area contributed by atoms with E-state index in [9.17, 15) is 4.79 Å². The van der Waals surface area contributed by atoms with Crippen LogP contribution in [-0.2, 0) is 9.53 Å². The molecular formula is C18H22O2. The molecule has 2 aromatic rings. The molecule has 0 aliphatic rings. The fourth-order valence-corrected chi connectivity index (χ4v) is 2.70. The average molecular weight is 270 g/mol. The third-order valence-corrected chi connectivity index (χ3v) is 3.78. The second kappa shape index (κ2) is 7.09. The van der Waals surface area contributed by atoms with E-state index in [1.54, 1.807) is 0 Å². The SMILES string of the molecule is CCCCCC(C(=O)OC)c1cccc2ccccc12. The maximum absolute atomic E-state index is 12.1. The molecule has 2 heteroatoms. The van der Waals surface area contributed by atoms with Crippen molar-refractivity contribution in [1.29, 1.82) is 0 Å². The average Bonchev–Trinajstić information content (AvgIpc) is 2.50. The quantitative estimate of drug-likeness (QED) is 0.563. The zero-order valence-corrected chi connectivity index (χ0v) is 12.3. The monoisotopic (exact) mass is 270 g/mol. The van der Waals surface area contributed by atoms with Gasteiger partial charge in [0.2, 0.25) is 0 Å². The Kier molecular flexibility index (Phi) is 5.16. The van der Waals surface area contributed by atoms with Gasteiger partial charge in [-0.3, -0.25) is 4.79 Å². The highest BCUT2D eigenvalue weighted by atomic mass is 16.5. The summed E-state index contributed by atoms with van der Waals surface area (Å²) in [7, 11) is 1.47. The fourth-order valence-electron chi connectivity index (χ4n) is 2.70. The van der Waals surface area contributed by atoms with Crippen molar-refractivity contribution in [2.45, 2.75) is 38.5 Å². The molecule has 20 heavy (non-hydrogen) atoms. The number of carbonyl (C=O) groups excluding carboxylic acids is 1. The summed E-state index contributed by atoms with van der Waals surface area (Å²) in [5.74, 6) is -0.282. The fraction of sp³-hybridized carbons (Fsp3) is 0.389. The zero-order chi connectivity index (χ0) is 14.4. The predicted molar refractivity (Wildman–Crippen MR) is 82.8 cm³/mol. The van der Waals surface area contributed by atoms with Crippen LogP contribution < -0.4 is 0 Å². The van der Waals surface area contributed by atoms with Gasteiger partial charge in [0.1, 0.15) is 0 Å². The molecule has 106 valence electrons. The van der Waals surface area contributed by atoms with E-state index in [1.807, 2.05) is 18.2 Å². The Labute approximate surface area is 120 Å². The van der Waals surface area contributed by atoms with Crippen LogP contribution >= 0.6 is 0 Å². The molecule has 0 spiro atoms. The van der Waals surface area contributed by atoms with Gasteiger partial charge in [-0.05, 0) is 22.8 Å². The molecule has 0 aliphatic carbocycles. The lowest BCUT2D eigenvalue weighted by atomic mass is 9.89. The van der Waals surface area contributed by atoms with E-state index >= 15 is 0 Å². The van der Waals surface area contributed by atoms with E-state index in [-0.39, 0.29) is 11.9 Å². The number of fused-ring (bicyclic) bond motifs is 1. The normalized spacial score (nSPS) is 12.3. The van der Waals surface area contributed by atoms with Crippen LogP contribution in [0.3, 0.4) is 0 Å². The van der Waals surface area contributed by atoms with Crippen molar-refractivity contribution in [3.63, 3.8) is 0 Å². The second-order valence-corrected chi connectivity index (χ2v) is 5.14. The molecule has 0 saturated carbocycles. The van der Waals surface area contributed by atoms with Crippen molar-refractivity contribution in [1.82, 2.24) is 0 Å². The molecule has 0 radical (unpaired) electrons. The molecule has 0 fully saturated rings. The van der Waals surface area contributed by atoms with Crippen LogP contribution in [0.25, 0.3) is 10.8 Å². The Morgan fingerprint density at radius 3 is 2.60 bits per heavy atom. The Bertz CT molecular complexity index is 569. The van der Waals surface area contributed by atoms with Crippen LogP contribution in [-0.4, -0.2) is 13.1 Å². The number of carbonyl (C=O) groups is 1. The third kappa shape index (κ3) is 3.19. The topological polar surface area (TPSA) is 26.3 Å². The Morgan fingerprint density at radius 2 is 1.85 bits per heavy atom. The number of ether oxygens (including phenoxy) is 1. The number of benzene rings is 2. The van der Waals surface area contributed by atoms with E-state index in [4.69, 9.17) is 4.74 Å². The molecule has 0 heterocycles. The smallest absolute Gasteiger partial charge is 0.313 e. The summed E-state index contributed by atoms with van der Waals surface area (Å²) in [6.45, 7) is 2.17. The first-order chi connectivity index (χ1) is 9.77. The largest absolute Gasteiger partial charge is 0.469 e. The molecule has 1 unspecified atom stereocenters. The van der Waals surface area contributed by atoms with Gasteiger partial charge in [0.05, 0.1) is 13.0 Å². The lowest BCUT2D eigenvalue weighted by molar-refractivity contribution is -0.142. The number of hydrogen-bond acceptors (Lipinski definition) is 2. The van der Waals surface area contributed by atoms with Crippen LogP contribution in [0, 0.1) is 0 Å². The summed E-state index contributed by atoms with van der Waals surface area (Å²) in [6.07, 6.45) is 4.22. The third-order valence-electron chi connectivity index (χ3n) is 3.78. The lowest BCUT2D eigenvalue weighted by Gasteiger charge is -2.17. The van der Waals surface area contributed by atoms with Crippen LogP contribution in [0.1, 0.15) is 44.1 Å². The zero-order valence-electron chi connectivity index (χ0n) is 12.3. The highest BCUT2D eigenvalue weighted by molar-refractivity contribution is 5.91. The Balaban J connectivity index is 2.37. The first kappa shape index (κ1) is 14.6. The highest BCUT2D eigenvalue weighted by Crippen LogP contribution is 2.30. The summed E-state index contributed by atoms with van der Waals surface area (Å²) in [5.41, 5.74) is 1.09. The summed E-state index contributed by atoms with van der Waals surface area (Å²) in [4.78, 5) is 12.1. The standard InChI is InChI=1S/C18H22O2/c1-3-4-5-12-17(18(19)20-2)16-13-8-10-14-9-6-7-11-15(14)16/h6-11,13,17H,3-5,12H2,1-2H3. The van der Waals surface area contributed by atoms with E-state index in [2.05, 4.69) is 31.2 Å². The molecule has 0 aliphatic heterocycles. The van der Waals surface area contributed by atoms with Crippen LogP contribution in [0.15, 0.2) is 42.5 Å². The molecule has 0 saturated heterocycles. The Hall–Kier alpha value is -1.83. The summed E-state index contributed by atoms with van der Waals surface area (Å²) >= 11 is 0. The van der Waals surface area contributed by atoms with Crippen molar-refractivity contribution in [2.24, 2.45) is 0 Å². The summed E-state index contributed by atoms with van der Waals surface area (Å²) in [5, 5.41) is 2.33. The molecule has 0 N–H and O–H groups in total. The molecule has 2 rings (SSSR count). The van der Waals surface area contributed by atoms with E-state index in [0.29, 0.717) is 0 Å². The number of hydrogen-bond donors (Lipinski definition) is 0. The van der Waals surface area contributed by atoms with Gasteiger partial charge in [-0.15, -0.1) is 0 Å². The van der Waals surface area contributed by atoms with E-state index in [0.717, 1.165) is 36.6 Å². The molecule has 1 atom stereocenters. The summed E-state index contributed by atoms with van der Waals surface area (Å²) < 4.78 is 5.01. The van der Waals surface area contributed by atoms with Crippen molar-refractivity contribution < 1.29 is 9.53 Å². The van der Waals surface area contributed by atoms with Crippen LogP contribution in [0.5, 0.6) is 0 Å². The predicted octanol–water partition coefficient (Wildman–Crippen LogP) is 4.68. The summed E-state index contributed by atoms with van der Waals surface area (Å²) in [6, 6.07) is 14.4. The van der Waals surface area contributed by atoms with Crippen LogP contribution in [0.4, 0.5) is 0 Å².